The number of carbonyl (C=O) groups excluding carboxylic acids is 1. The van der Waals surface area contributed by atoms with Crippen LogP contribution in [-0.4, -0.2) is 10.4 Å². The Morgan fingerprint density at radius 3 is 1.88 bits per heavy atom. The van der Waals surface area contributed by atoms with Crippen molar-refractivity contribution in [2.45, 2.75) is 6.42 Å². The highest BCUT2D eigenvalue weighted by Crippen LogP contribution is 2.40. The minimum absolute atomic E-state index is 0.185. The van der Waals surface area contributed by atoms with Crippen molar-refractivity contribution in [2.24, 2.45) is 0 Å². The van der Waals surface area contributed by atoms with Crippen LogP contribution < -0.4 is 0 Å². The quantitative estimate of drug-likeness (QED) is 0.137. The largest absolute Gasteiger partial charge is 0.300 e. The first-order valence-corrected chi connectivity index (χ1v) is 14.3. The first-order chi connectivity index (χ1) is 20.5. The van der Waals surface area contributed by atoms with Gasteiger partial charge in [-0.15, -0.1) is 0 Å². The Kier molecular flexibility index (Phi) is 7.91. The van der Waals surface area contributed by atoms with Crippen LogP contribution in [0.25, 0.3) is 28.1 Å². The summed E-state index contributed by atoms with van der Waals surface area (Å²) in [6, 6.07) is 43.0. The molecule has 6 aromatic rings. The third kappa shape index (κ3) is 5.47. The SMILES string of the molecule is O=C(c1ccccc1)c1c(-c2ccc(Cl)cc2)c(Cc2ccccc2)c(-c2ccccc2)n(-c2ccc(F)cc2)c1=S. The molecule has 0 saturated carbocycles. The molecule has 1 heterocycles. The first-order valence-electron chi connectivity index (χ1n) is 13.5. The predicted molar refractivity (Wildman–Crippen MR) is 172 cm³/mol. The smallest absolute Gasteiger partial charge is 0.196 e. The van der Waals surface area contributed by atoms with E-state index in [1.165, 1.54) is 12.1 Å². The molecule has 5 aromatic carbocycles. The maximum absolute atomic E-state index is 14.5. The molecule has 0 radical (unpaired) electrons. The Balaban J connectivity index is 1.81. The van der Waals surface area contributed by atoms with E-state index in [1.807, 2.05) is 95.6 Å². The summed E-state index contributed by atoms with van der Waals surface area (Å²) < 4.78 is 16.4. The van der Waals surface area contributed by atoms with Gasteiger partial charge in [-0.3, -0.25) is 9.36 Å². The van der Waals surface area contributed by atoms with Crippen LogP contribution in [0.5, 0.6) is 0 Å². The first kappa shape index (κ1) is 27.5. The van der Waals surface area contributed by atoms with Gasteiger partial charge in [-0.1, -0.05) is 127 Å². The molecule has 0 atom stereocenters. The lowest BCUT2D eigenvalue weighted by molar-refractivity contribution is 0.103. The second kappa shape index (κ2) is 12.1. The van der Waals surface area contributed by atoms with Crippen molar-refractivity contribution in [3.05, 3.63) is 177 Å². The number of hydrogen-bond donors (Lipinski definition) is 0. The van der Waals surface area contributed by atoms with Crippen molar-refractivity contribution in [2.75, 3.05) is 0 Å². The van der Waals surface area contributed by atoms with Crippen LogP contribution in [0.15, 0.2) is 140 Å². The van der Waals surface area contributed by atoms with Crippen molar-refractivity contribution < 1.29 is 9.18 Å². The number of benzene rings is 5. The molecule has 0 saturated heterocycles. The van der Waals surface area contributed by atoms with Gasteiger partial charge in [0.05, 0.1) is 11.3 Å². The molecule has 1 aromatic heterocycles. The monoisotopic (exact) mass is 585 g/mol. The molecule has 0 N–H and O–H groups in total. The average Bonchev–Trinajstić information content (AvgIpc) is 3.03. The molecule has 0 spiro atoms. The normalized spacial score (nSPS) is 10.9. The molecular formula is C37H25ClFNOS. The Labute approximate surface area is 254 Å². The second-order valence-corrected chi connectivity index (χ2v) is 10.7. The van der Waals surface area contributed by atoms with E-state index in [0.29, 0.717) is 32.9 Å². The molecule has 0 fully saturated rings. The minimum atomic E-state index is -0.352. The van der Waals surface area contributed by atoms with Crippen molar-refractivity contribution in [1.29, 1.82) is 0 Å². The highest BCUT2D eigenvalue weighted by Gasteiger charge is 2.27. The molecule has 0 amide bonds. The number of hydrogen-bond acceptors (Lipinski definition) is 2. The summed E-state index contributed by atoms with van der Waals surface area (Å²) in [5.41, 5.74) is 6.96. The van der Waals surface area contributed by atoms with Gasteiger partial charge >= 0.3 is 0 Å². The summed E-state index contributed by atoms with van der Waals surface area (Å²) in [5, 5.41) is 0.596. The van der Waals surface area contributed by atoms with Crippen LogP contribution in [0.4, 0.5) is 4.39 Å². The lowest BCUT2D eigenvalue weighted by Gasteiger charge is -2.25. The van der Waals surface area contributed by atoms with Gasteiger partial charge in [0.1, 0.15) is 10.5 Å². The van der Waals surface area contributed by atoms with Gasteiger partial charge in [0.15, 0.2) is 5.78 Å². The van der Waals surface area contributed by atoms with Gasteiger partial charge in [0.25, 0.3) is 0 Å². The molecule has 5 heteroatoms. The summed E-state index contributed by atoms with van der Waals surface area (Å²) >= 11 is 12.6. The van der Waals surface area contributed by atoms with Crippen LogP contribution >= 0.6 is 23.8 Å². The molecule has 0 aliphatic rings. The molecule has 42 heavy (non-hydrogen) atoms. The van der Waals surface area contributed by atoms with Crippen LogP contribution in [0.1, 0.15) is 27.0 Å². The van der Waals surface area contributed by atoms with E-state index < -0.39 is 0 Å². The number of pyridine rings is 1. The third-order valence-electron chi connectivity index (χ3n) is 7.23. The van der Waals surface area contributed by atoms with Crippen molar-refractivity contribution in [3.63, 3.8) is 0 Å². The van der Waals surface area contributed by atoms with E-state index in [0.717, 1.165) is 33.5 Å². The lowest BCUT2D eigenvalue weighted by Crippen LogP contribution is -2.16. The fourth-order valence-electron chi connectivity index (χ4n) is 5.31. The molecule has 2 nitrogen and oxygen atoms in total. The van der Waals surface area contributed by atoms with Crippen LogP contribution in [-0.2, 0) is 6.42 Å². The number of ketones is 1. The predicted octanol–water partition coefficient (Wildman–Crippen LogP) is 10.2. The zero-order valence-corrected chi connectivity index (χ0v) is 24.1. The zero-order valence-electron chi connectivity index (χ0n) is 22.5. The maximum Gasteiger partial charge on any atom is 0.196 e. The highest BCUT2D eigenvalue weighted by atomic mass is 35.5. The second-order valence-electron chi connectivity index (χ2n) is 9.92. The maximum atomic E-state index is 14.5. The summed E-state index contributed by atoms with van der Waals surface area (Å²) in [7, 11) is 0. The molecular weight excluding hydrogens is 561 g/mol. The average molecular weight is 586 g/mol. The topological polar surface area (TPSA) is 22.0 Å². The Bertz CT molecular complexity index is 1920. The number of carbonyl (C=O) groups is 1. The summed E-state index contributed by atoms with van der Waals surface area (Å²) in [6.07, 6.45) is 0.523. The summed E-state index contributed by atoms with van der Waals surface area (Å²) in [6.45, 7) is 0. The van der Waals surface area contributed by atoms with Gasteiger partial charge < -0.3 is 0 Å². The van der Waals surface area contributed by atoms with Gasteiger partial charge in [-0.05, 0) is 58.7 Å². The minimum Gasteiger partial charge on any atom is -0.300 e. The summed E-state index contributed by atoms with van der Waals surface area (Å²) in [4.78, 5) is 14.5. The Hall–Kier alpha value is -4.64. The van der Waals surface area contributed by atoms with E-state index in [2.05, 4.69) is 12.1 Å². The molecule has 204 valence electrons. The number of halogens is 2. The Morgan fingerprint density at radius 2 is 1.26 bits per heavy atom. The standard InChI is InChI=1S/C37H25ClFNOS/c38-29-18-16-26(17-19-29)33-32(24-25-10-4-1-5-11-25)35(27-12-6-2-7-13-27)40(31-22-20-30(39)21-23-31)37(42)34(33)36(41)28-14-8-3-9-15-28/h1-23H,24H2. The summed E-state index contributed by atoms with van der Waals surface area (Å²) in [5.74, 6) is -0.537. The molecule has 0 unspecified atom stereocenters. The third-order valence-corrected chi connectivity index (χ3v) is 7.87. The fourth-order valence-corrected chi connectivity index (χ4v) is 5.83. The Morgan fingerprint density at radius 1 is 0.690 bits per heavy atom. The van der Waals surface area contributed by atoms with Crippen LogP contribution in [0.3, 0.4) is 0 Å². The molecule has 0 bridgehead atoms. The van der Waals surface area contributed by atoms with E-state index in [9.17, 15) is 9.18 Å². The van der Waals surface area contributed by atoms with Gasteiger partial charge in [-0.2, -0.15) is 0 Å². The zero-order chi connectivity index (χ0) is 29.1. The van der Waals surface area contributed by atoms with Gasteiger partial charge in [0.2, 0.25) is 0 Å². The highest BCUT2D eigenvalue weighted by molar-refractivity contribution is 7.71. The van der Waals surface area contributed by atoms with Gasteiger partial charge in [0, 0.05) is 28.3 Å². The molecule has 6 rings (SSSR count). The number of aromatic nitrogens is 1. The van der Waals surface area contributed by atoms with Gasteiger partial charge in [-0.25, -0.2) is 4.39 Å². The molecule has 0 aliphatic carbocycles. The van der Waals surface area contributed by atoms with Crippen molar-refractivity contribution in [3.8, 4) is 28.1 Å². The fraction of sp³-hybridized carbons (Fsp3) is 0.0270. The van der Waals surface area contributed by atoms with E-state index in [1.54, 1.807) is 24.3 Å². The molecule has 0 aliphatic heterocycles. The van der Waals surface area contributed by atoms with Crippen LogP contribution in [0, 0.1) is 10.5 Å². The van der Waals surface area contributed by atoms with E-state index >= 15 is 0 Å². The lowest BCUT2D eigenvalue weighted by atomic mass is 9.86. The van der Waals surface area contributed by atoms with E-state index in [-0.39, 0.29) is 11.6 Å². The van der Waals surface area contributed by atoms with E-state index in [4.69, 9.17) is 23.8 Å². The number of nitrogens with zero attached hydrogens (tertiary/aromatic N) is 1. The van der Waals surface area contributed by atoms with Crippen molar-refractivity contribution >= 4 is 29.6 Å². The van der Waals surface area contributed by atoms with Crippen molar-refractivity contribution in [1.82, 2.24) is 4.57 Å². The number of rotatable bonds is 7. The van der Waals surface area contributed by atoms with Crippen LogP contribution in [0.2, 0.25) is 5.02 Å².